The molecule has 0 saturated heterocycles. The fraction of sp³-hybridized carbons (Fsp3) is 0.118. The van der Waals surface area contributed by atoms with Gasteiger partial charge in [0.1, 0.15) is 7.85 Å². The maximum absolute atomic E-state index is 12.8. The molecular weight excluding hydrogens is 245 g/mol. The Morgan fingerprint density at radius 3 is 2.60 bits per heavy atom. The van der Waals surface area contributed by atoms with Crippen LogP contribution in [0.5, 0.6) is 0 Å². The highest BCUT2D eigenvalue weighted by atomic mass is 16.2. The number of nitrogens with zero attached hydrogens (tertiary/aromatic N) is 1. The lowest BCUT2D eigenvalue weighted by Crippen LogP contribution is -2.57. The van der Waals surface area contributed by atoms with E-state index in [2.05, 4.69) is 11.8 Å². The summed E-state index contributed by atoms with van der Waals surface area (Å²) in [5.41, 5.74) is 3.26. The lowest BCUT2D eigenvalue weighted by Gasteiger charge is -2.51. The number of rotatable bonds is 0. The van der Waals surface area contributed by atoms with Crippen LogP contribution >= 0.6 is 0 Å². The second-order valence-electron chi connectivity index (χ2n) is 5.29. The van der Waals surface area contributed by atoms with Crippen molar-refractivity contribution < 1.29 is 4.79 Å². The molecule has 2 radical (unpaired) electrons. The molecule has 2 heterocycles. The van der Waals surface area contributed by atoms with E-state index < -0.39 is 5.44 Å². The molecule has 0 spiro atoms. The number of para-hydroxylation sites is 1. The Balaban J connectivity index is 2.07. The van der Waals surface area contributed by atoms with Crippen molar-refractivity contribution in [3.05, 3.63) is 64.7 Å². The summed E-state index contributed by atoms with van der Waals surface area (Å²) in [5.74, 6) is 6.16. The first-order chi connectivity index (χ1) is 9.60. The molecular formula is C17H10BNO. The van der Waals surface area contributed by atoms with E-state index in [1.54, 1.807) is 11.0 Å². The van der Waals surface area contributed by atoms with Crippen LogP contribution in [0.4, 0.5) is 5.69 Å². The quantitative estimate of drug-likeness (QED) is 0.523. The van der Waals surface area contributed by atoms with E-state index >= 15 is 0 Å². The number of amides is 1. The minimum Gasteiger partial charge on any atom is -0.306 e. The molecule has 0 unspecified atom stereocenters. The average molecular weight is 255 g/mol. The fourth-order valence-electron chi connectivity index (χ4n) is 2.94. The van der Waals surface area contributed by atoms with Crippen molar-refractivity contribution >= 4 is 19.4 Å². The summed E-state index contributed by atoms with van der Waals surface area (Å²) in [6.07, 6.45) is 0. The highest BCUT2D eigenvalue weighted by Crippen LogP contribution is 2.48. The number of hydrogen-bond donors (Lipinski definition) is 0. The van der Waals surface area contributed by atoms with Gasteiger partial charge in [-0.2, -0.15) is 0 Å². The van der Waals surface area contributed by atoms with Crippen LogP contribution in [0.1, 0.15) is 34.0 Å². The van der Waals surface area contributed by atoms with Crippen molar-refractivity contribution in [1.82, 2.24) is 0 Å². The van der Waals surface area contributed by atoms with Crippen LogP contribution < -0.4 is 4.90 Å². The minimum atomic E-state index is -0.769. The molecule has 1 amide bonds. The van der Waals surface area contributed by atoms with Gasteiger partial charge in [0.2, 0.25) is 0 Å². The van der Waals surface area contributed by atoms with Crippen molar-refractivity contribution in [1.29, 1.82) is 0 Å². The molecule has 0 aliphatic carbocycles. The van der Waals surface area contributed by atoms with Gasteiger partial charge in [-0.05, 0) is 30.7 Å². The molecule has 0 fully saturated rings. The number of benzene rings is 2. The molecule has 0 aromatic heterocycles. The normalized spacial score (nSPS) is 21.6. The largest absolute Gasteiger partial charge is 0.306 e. The highest BCUT2D eigenvalue weighted by Gasteiger charge is 2.47. The zero-order valence-corrected chi connectivity index (χ0v) is 11.0. The molecule has 0 bridgehead atoms. The molecule has 4 rings (SSSR count). The molecule has 20 heavy (non-hydrogen) atoms. The first-order valence-electron chi connectivity index (χ1n) is 6.48. The third-order valence-electron chi connectivity index (χ3n) is 3.96. The van der Waals surface area contributed by atoms with Crippen LogP contribution in [0, 0.1) is 11.8 Å². The van der Waals surface area contributed by atoms with Gasteiger partial charge in [-0.15, -0.1) is 0 Å². The van der Waals surface area contributed by atoms with Gasteiger partial charge in [0.05, 0.1) is 11.3 Å². The van der Waals surface area contributed by atoms with Crippen molar-refractivity contribution in [3.8, 4) is 11.8 Å². The van der Waals surface area contributed by atoms with Crippen LogP contribution in [0.15, 0.2) is 42.5 Å². The van der Waals surface area contributed by atoms with Gasteiger partial charge >= 0.3 is 0 Å². The van der Waals surface area contributed by atoms with Crippen molar-refractivity contribution in [2.45, 2.75) is 12.4 Å². The Labute approximate surface area is 118 Å². The monoisotopic (exact) mass is 255 g/mol. The maximum Gasteiger partial charge on any atom is 0.259 e. The lowest BCUT2D eigenvalue weighted by atomic mass is 9.64. The zero-order valence-electron chi connectivity index (χ0n) is 11.0. The predicted octanol–water partition coefficient (Wildman–Crippen LogP) is 2.40. The van der Waals surface area contributed by atoms with Crippen LogP contribution in [0.2, 0.25) is 0 Å². The Hall–Kier alpha value is -2.47. The third kappa shape index (κ3) is 1.24. The van der Waals surface area contributed by atoms with E-state index in [0.717, 1.165) is 22.4 Å². The SMILES string of the molecule is [B][C@@]1(C)c2cccc3c2N1C(=O)c1ccccc1C#C3. The molecule has 1 atom stereocenters. The molecule has 0 N–H and O–H groups in total. The van der Waals surface area contributed by atoms with E-state index in [1.165, 1.54) is 0 Å². The molecule has 92 valence electrons. The van der Waals surface area contributed by atoms with Gasteiger partial charge in [-0.25, -0.2) is 0 Å². The Morgan fingerprint density at radius 1 is 1.05 bits per heavy atom. The molecule has 2 aromatic carbocycles. The number of anilines is 1. The lowest BCUT2D eigenvalue weighted by molar-refractivity contribution is 0.0963. The average Bonchev–Trinajstić information content (AvgIpc) is 2.44. The van der Waals surface area contributed by atoms with Gasteiger partial charge < -0.3 is 4.90 Å². The molecule has 3 heteroatoms. The van der Waals surface area contributed by atoms with Crippen LogP contribution in [-0.4, -0.2) is 13.8 Å². The van der Waals surface area contributed by atoms with E-state index in [4.69, 9.17) is 7.85 Å². The third-order valence-corrected chi connectivity index (χ3v) is 3.96. The first kappa shape index (κ1) is 11.4. The Kier molecular flexibility index (Phi) is 2.02. The van der Waals surface area contributed by atoms with Gasteiger partial charge in [0, 0.05) is 16.6 Å². The minimum absolute atomic E-state index is 0.0837. The summed E-state index contributed by atoms with van der Waals surface area (Å²) < 4.78 is 0. The standard InChI is InChI=1S/C17H10BNO/c1-17(18)14-8-4-6-12-10-9-11-5-2-3-7-13(11)16(20)19(17)15(12)14/h2-8H,1H3/t17-/m1/s1. The fourth-order valence-corrected chi connectivity index (χ4v) is 2.94. The molecule has 2 nitrogen and oxygen atoms in total. The Morgan fingerprint density at radius 2 is 1.75 bits per heavy atom. The van der Waals surface area contributed by atoms with E-state index in [-0.39, 0.29) is 5.91 Å². The number of fused-ring (bicyclic) bond motifs is 1. The van der Waals surface area contributed by atoms with E-state index in [0.29, 0.717) is 5.56 Å². The summed E-state index contributed by atoms with van der Waals surface area (Å²) in [6.45, 7) is 1.86. The smallest absolute Gasteiger partial charge is 0.259 e. The van der Waals surface area contributed by atoms with Gasteiger partial charge in [-0.3, -0.25) is 4.79 Å². The zero-order chi connectivity index (χ0) is 13.9. The topological polar surface area (TPSA) is 20.3 Å². The van der Waals surface area contributed by atoms with E-state index in [1.807, 2.05) is 43.3 Å². The van der Waals surface area contributed by atoms with Crippen LogP contribution in [0.3, 0.4) is 0 Å². The van der Waals surface area contributed by atoms with Crippen molar-refractivity contribution in [2.24, 2.45) is 0 Å². The summed E-state index contributed by atoms with van der Waals surface area (Å²) in [5, 5.41) is 0. The van der Waals surface area contributed by atoms with Crippen molar-refractivity contribution in [2.75, 3.05) is 4.90 Å². The first-order valence-corrected chi connectivity index (χ1v) is 6.48. The van der Waals surface area contributed by atoms with Gasteiger partial charge in [0.25, 0.3) is 5.91 Å². The van der Waals surface area contributed by atoms with Gasteiger partial charge in [-0.1, -0.05) is 36.1 Å². The number of hydrogen-bond acceptors (Lipinski definition) is 1. The number of carbonyl (C=O) groups is 1. The van der Waals surface area contributed by atoms with E-state index in [9.17, 15) is 4.79 Å². The second kappa shape index (κ2) is 3.55. The predicted molar refractivity (Wildman–Crippen MR) is 78.8 cm³/mol. The molecule has 2 aromatic rings. The van der Waals surface area contributed by atoms with Crippen LogP contribution in [0.25, 0.3) is 0 Å². The summed E-state index contributed by atoms with van der Waals surface area (Å²) in [6, 6.07) is 13.2. The van der Waals surface area contributed by atoms with Crippen LogP contribution in [-0.2, 0) is 5.44 Å². The summed E-state index contributed by atoms with van der Waals surface area (Å²) >= 11 is 0. The van der Waals surface area contributed by atoms with Crippen molar-refractivity contribution in [3.63, 3.8) is 0 Å². The molecule has 2 aliphatic rings. The maximum atomic E-state index is 12.8. The van der Waals surface area contributed by atoms with Gasteiger partial charge in [0.15, 0.2) is 0 Å². The second-order valence-corrected chi connectivity index (χ2v) is 5.29. The molecule has 2 aliphatic heterocycles. The Bertz CT molecular complexity index is 826. The highest BCUT2D eigenvalue weighted by molar-refractivity contribution is 6.28. The summed E-state index contributed by atoms with van der Waals surface area (Å²) in [4.78, 5) is 14.4. The number of carbonyl (C=O) groups excluding carboxylic acids is 1. The summed E-state index contributed by atoms with van der Waals surface area (Å²) in [7, 11) is 6.32. The molecule has 0 saturated carbocycles.